The van der Waals surface area contributed by atoms with Crippen LogP contribution in [0, 0.1) is 0 Å². The molecule has 0 bridgehead atoms. The maximum Gasteiger partial charge on any atom is 0.322 e. The van der Waals surface area contributed by atoms with Crippen molar-refractivity contribution >= 4 is 5.97 Å². The Hall–Kier alpha value is -1.75. The number of carbonyl (C=O) groups is 1. The Morgan fingerprint density at radius 2 is 2.00 bits per heavy atom. The van der Waals surface area contributed by atoms with Crippen molar-refractivity contribution < 1.29 is 19.0 Å². The predicted molar refractivity (Wildman–Crippen MR) is 63.2 cm³/mol. The van der Waals surface area contributed by atoms with Gasteiger partial charge in [-0.05, 0) is 6.07 Å². The van der Waals surface area contributed by atoms with E-state index in [1.807, 2.05) is 12.1 Å². The van der Waals surface area contributed by atoms with Gasteiger partial charge in [-0.2, -0.15) is 0 Å². The molecule has 2 N–H and O–H groups in total. The van der Waals surface area contributed by atoms with Gasteiger partial charge in [-0.1, -0.05) is 12.1 Å². The molecule has 1 aromatic carbocycles. The highest BCUT2D eigenvalue weighted by Gasteiger charge is 2.18. The number of rotatable bonds is 5. The molecule has 0 spiro atoms. The highest BCUT2D eigenvalue weighted by Crippen LogP contribution is 2.31. The first kappa shape index (κ1) is 13.3. The van der Waals surface area contributed by atoms with Crippen LogP contribution in [-0.4, -0.2) is 33.3 Å². The molecule has 0 aliphatic carbocycles. The first-order valence-corrected chi connectivity index (χ1v) is 5.17. The van der Waals surface area contributed by atoms with E-state index >= 15 is 0 Å². The molecular weight excluding hydrogens is 222 g/mol. The quantitative estimate of drug-likeness (QED) is 0.768. The number of carbonyl (C=O) groups excluding carboxylic acids is 1. The Morgan fingerprint density at radius 1 is 1.29 bits per heavy atom. The summed E-state index contributed by atoms with van der Waals surface area (Å²) in [7, 11) is 4.41. The van der Waals surface area contributed by atoms with Crippen LogP contribution in [0.5, 0.6) is 11.5 Å². The van der Waals surface area contributed by atoms with E-state index in [1.165, 1.54) is 7.11 Å². The maximum atomic E-state index is 11.3. The molecular formula is C12H17NO4. The van der Waals surface area contributed by atoms with E-state index in [-0.39, 0.29) is 0 Å². The Morgan fingerprint density at radius 3 is 2.53 bits per heavy atom. The monoisotopic (exact) mass is 239 g/mol. The smallest absolute Gasteiger partial charge is 0.322 e. The Labute approximate surface area is 100 Å². The number of benzene rings is 1. The van der Waals surface area contributed by atoms with Crippen LogP contribution in [0.3, 0.4) is 0 Å². The van der Waals surface area contributed by atoms with Crippen molar-refractivity contribution in [3.05, 3.63) is 23.8 Å². The van der Waals surface area contributed by atoms with Crippen LogP contribution in [0.1, 0.15) is 5.56 Å². The summed E-state index contributed by atoms with van der Waals surface area (Å²) in [4.78, 5) is 11.3. The number of ether oxygens (including phenoxy) is 3. The zero-order valence-corrected chi connectivity index (χ0v) is 10.2. The van der Waals surface area contributed by atoms with E-state index in [0.29, 0.717) is 17.9 Å². The average Bonchev–Trinajstić information content (AvgIpc) is 2.37. The number of hydrogen-bond acceptors (Lipinski definition) is 5. The summed E-state index contributed by atoms with van der Waals surface area (Å²) in [6.45, 7) is 0. The lowest BCUT2D eigenvalue weighted by atomic mass is 10.1. The lowest BCUT2D eigenvalue weighted by Crippen LogP contribution is -2.33. The summed E-state index contributed by atoms with van der Waals surface area (Å²) >= 11 is 0. The highest BCUT2D eigenvalue weighted by molar-refractivity contribution is 5.76. The molecule has 0 saturated heterocycles. The molecule has 0 heterocycles. The third kappa shape index (κ3) is 3.10. The van der Waals surface area contributed by atoms with E-state index in [1.54, 1.807) is 20.3 Å². The van der Waals surface area contributed by atoms with Gasteiger partial charge in [0.25, 0.3) is 0 Å². The summed E-state index contributed by atoms with van der Waals surface area (Å²) in [6.07, 6.45) is 0.340. The molecule has 1 rings (SSSR count). The normalized spacial score (nSPS) is 11.8. The van der Waals surface area contributed by atoms with E-state index in [2.05, 4.69) is 4.74 Å². The zero-order valence-electron chi connectivity index (χ0n) is 10.2. The fourth-order valence-corrected chi connectivity index (χ4v) is 1.59. The van der Waals surface area contributed by atoms with Crippen LogP contribution in [0.15, 0.2) is 18.2 Å². The van der Waals surface area contributed by atoms with Gasteiger partial charge in [-0.3, -0.25) is 4.79 Å². The second kappa shape index (κ2) is 6.10. The Bertz CT molecular complexity index is 392. The fraction of sp³-hybridized carbons (Fsp3) is 0.417. The van der Waals surface area contributed by atoms with Gasteiger partial charge in [0, 0.05) is 12.0 Å². The lowest BCUT2D eigenvalue weighted by molar-refractivity contribution is -0.142. The minimum absolute atomic E-state index is 0.340. The first-order chi connectivity index (χ1) is 8.13. The molecule has 1 atom stereocenters. The molecule has 0 fully saturated rings. The average molecular weight is 239 g/mol. The van der Waals surface area contributed by atoms with Gasteiger partial charge in [-0.25, -0.2) is 0 Å². The number of esters is 1. The van der Waals surface area contributed by atoms with Gasteiger partial charge in [-0.15, -0.1) is 0 Å². The van der Waals surface area contributed by atoms with Crippen LogP contribution < -0.4 is 15.2 Å². The van der Waals surface area contributed by atoms with Crippen molar-refractivity contribution in [2.45, 2.75) is 12.5 Å². The van der Waals surface area contributed by atoms with Crippen molar-refractivity contribution in [3.8, 4) is 11.5 Å². The van der Waals surface area contributed by atoms with E-state index < -0.39 is 12.0 Å². The highest BCUT2D eigenvalue weighted by atomic mass is 16.5. The van der Waals surface area contributed by atoms with Gasteiger partial charge in [0.1, 0.15) is 6.04 Å². The third-order valence-corrected chi connectivity index (χ3v) is 2.43. The van der Waals surface area contributed by atoms with Gasteiger partial charge < -0.3 is 19.9 Å². The summed E-state index contributed by atoms with van der Waals surface area (Å²) in [5.74, 6) is 0.756. The SMILES string of the molecule is COC(=O)[C@@H](N)Cc1cccc(OC)c1OC. The zero-order chi connectivity index (χ0) is 12.8. The van der Waals surface area contributed by atoms with Crippen LogP contribution in [0.25, 0.3) is 0 Å². The molecule has 0 saturated carbocycles. The topological polar surface area (TPSA) is 70.8 Å². The molecule has 5 nitrogen and oxygen atoms in total. The van der Waals surface area contributed by atoms with Gasteiger partial charge in [0.15, 0.2) is 11.5 Å². The molecule has 0 aliphatic heterocycles. The van der Waals surface area contributed by atoms with Gasteiger partial charge >= 0.3 is 5.97 Å². The summed E-state index contributed by atoms with van der Waals surface area (Å²) in [6, 6.07) is 4.73. The summed E-state index contributed by atoms with van der Waals surface area (Å²) in [5.41, 5.74) is 6.51. The summed E-state index contributed by atoms with van der Waals surface area (Å²) < 4.78 is 15.0. The van der Waals surface area contributed by atoms with Crippen LogP contribution in [0.2, 0.25) is 0 Å². The number of para-hydroxylation sites is 1. The molecule has 94 valence electrons. The molecule has 0 aliphatic rings. The molecule has 0 unspecified atom stereocenters. The van der Waals surface area contributed by atoms with Crippen LogP contribution in [-0.2, 0) is 16.0 Å². The van der Waals surface area contributed by atoms with Gasteiger partial charge in [0.2, 0.25) is 0 Å². The Balaban J connectivity index is 2.94. The maximum absolute atomic E-state index is 11.3. The second-order valence-corrected chi connectivity index (χ2v) is 3.49. The van der Waals surface area contributed by atoms with Gasteiger partial charge in [0.05, 0.1) is 21.3 Å². The molecule has 0 amide bonds. The number of methoxy groups -OCH3 is 3. The first-order valence-electron chi connectivity index (χ1n) is 5.17. The fourth-order valence-electron chi connectivity index (χ4n) is 1.59. The van der Waals surface area contributed by atoms with Crippen molar-refractivity contribution in [1.29, 1.82) is 0 Å². The molecule has 1 aromatic rings. The number of nitrogens with two attached hydrogens (primary N) is 1. The lowest BCUT2D eigenvalue weighted by Gasteiger charge is -2.14. The molecule has 0 aromatic heterocycles. The van der Waals surface area contributed by atoms with E-state index in [4.69, 9.17) is 15.2 Å². The molecule has 17 heavy (non-hydrogen) atoms. The van der Waals surface area contributed by atoms with Crippen LogP contribution >= 0.6 is 0 Å². The minimum Gasteiger partial charge on any atom is -0.493 e. The van der Waals surface area contributed by atoms with E-state index in [0.717, 1.165) is 5.56 Å². The van der Waals surface area contributed by atoms with Crippen LogP contribution in [0.4, 0.5) is 0 Å². The number of hydrogen-bond donors (Lipinski definition) is 1. The third-order valence-electron chi connectivity index (χ3n) is 2.43. The second-order valence-electron chi connectivity index (χ2n) is 3.49. The predicted octanol–water partition coefficient (Wildman–Crippen LogP) is 0.747. The van der Waals surface area contributed by atoms with Crippen molar-refractivity contribution in [2.24, 2.45) is 5.73 Å². The van der Waals surface area contributed by atoms with Crippen molar-refractivity contribution in [3.63, 3.8) is 0 Å². The largest absolute Gasteiger partial charge is 0.493 e. The molecule has 5 heteroatoms. The minimum atomic E-state index is -0.707. The van der Waals surface area contributed by atoms with Crippen molar-refractivity contribution in [2.75, 3.05) is 21.3 Å². The standard InChI is InChI=1S/C12H17NO4/c1-15-10-6-4-5-8(11(10)16-2)7-9(13)12(14)17-3/h4-6,9H,7,13H2,1-3H3/t9-/m0/s1. The molecule has 0 radical (unpaired) electrons. The van der Waals surface area contributed by atoms with E-state index in [9.17, 15) is 4.79 Å². The Kier molecular flexibility index (Phi) is 4.78. The summed E-state index contributed by atoms with van der Waals surface area (Å²) in [5, 5.41) is 0. The van der Waals surface area contributed by atoms with Crippen molar-refractivity contribution in [1.82, 2.24) is 0 Å².